The van der Waals surface area contributed by atoms with Gasteiger partial charge in [0, 0.05) is 22.3 Å². The fourth-order valence-corrected chi connectivity index (χ4v) is 6.73. The molecular weight excluding hydrogens is 454 g/mol. The van der Waals surface area contributed by atoms with E-state index in [0.29, 0.717) is 14.9 Å². The Morgan fingerprint density at radius 3 is 2.83 bits per heavy atom. The maximum atomic E-state index is 12.5. The summed E-state index contributed by atoms with van der Waals surface area (Å²) in [6.45, 7) is 3.24. The van der Waals surface area contributed by atoms with Gasteiger partial charge in [0.2, 0.25) is 10.2 Å². The standard InChI is InChI=1S/C15H17N7O5S3/c1-6(30(27)15-20-19-7(2)29-15)3-9(23)18-10-12(24)22-11(14(25)26)8(4-17-21-16)5-28-13(10)22/h6,10,13H,3-5H2,1-2H3,(H,18,23)(H,25,26)/t6?,10?,13-,30?/m0/s1. The number of hydrogen-bond donors (Lipinski definition) is 2. The van der Waals surface area contributed by atoms with Crippen LogP contribution in [0.2, 0.25) is 0 Å². The molecule has 2 amide bonds. The fourth-order valence-electron chi connectivity index (χ4n) is 3.02. The van der Waals surface area contributed by atoms with Gasteiger partial charge >= 0.3 is 5.97 Å². The van der Waals surface area contributed by atoms with E-state index >= 15 is 0 Å². The molecule has 2 aliphatic rings. The molecule has 0 radical (unpaired) electrons. The number of fused-ring (bicyclic) bond motifs is 1. The van der Waals surface area contributed by atoms with Crippen molar-refractivity contribution in [3.63, 3.8) is 0 Å². The lowest BCUT2D eigenvalue weighted by molar-refractivity contribution is -0.150. The van der Waals surface area contributed by atoms with Crippen LogP contribution in [-0.4, -0.2) is 71.2 Å². The Morgan fingerprint density at radius 1 is 1.50 bits per heavy atom. The first-order valence-corrected chi connectivity index (χ1v) is 11.7. The van der Waals surface area contributed by atoms with Crippen LogP contribution in [0.4, 0.5) is 0 Å². The molecule has 1 saturated heterocycles. The minimum atomic E-state index is -1.50. The Labute approximate surface area is 181 Å². The maximum absolute atomic E-state index is 12.5. The molecule has 1 aromatic heterocycles. The molecule has 3 unspecified atom stereocenters. The van der Waals surface area contributed by atoms with Gasteiger partial charge in [-0.2, -0.15) is 0 Å². The van der Waals surface area contributed by atoms with Crippen molar-refractivity contribution in [2.75, 3.05) is 12.3 Å². The first-order valence-electron chi connectivity index (χ1n) is 8.65. The molecule has 3 heterocycles. The predicted octanol–water partition coefficient (Wildman–Crippen LogP) is 0.782. The molecule has 4 atom stereocenters. The monoisotopic (exact) mass is 471 g/mol. The van der Waals surface area contributed by atoms with Crippen molar-refractivity contribution in [2.45, 2.75) is 41.3 Å². The molecule has 15 heteroatoms. The minimum Gasteiger partial charge on any atom is -0.477 e. The highest BCUT2D eigenvalue weighted by molar-refractivity contribution is 8.00. The van der Waals surface area contributed by atoms with Crippen LogP contribution in [0.1, 0.15) is 18.4 Å². The first-order chi connectivity index (χ1) is 14.2. The van der Waals surface area contributed by atoms with Crippen molar-refractivity contribution >= 4 is 51.7 Å². The summed E-state index contributed by atoms with van der Waals surface area (Å²) in [6, 6.07) is -0.873. The van der Waals surface area contributed by atoms with Crippen molar-refractivity contribution in [3.05, 3.63) is 26.7 Å². The molecule has 2 aliphatic heterocycles. The fraction of sp³-hybridized carbons (Fsp3) is 0.533. The lowest BCUT2D eigenvalue weighted by Gasteiger charge is -2.49. The number of rotatable bonds is 8. The summed E-state index contributed by atoms with van der Waals surface area (Å²) >= 11 is 2.48. The number of carbonyl (C=O) groups is 3. The molecule has 1 fully saturated rings. The Morgan fingerprint density at radius 2 is 2.23 bits per heavy atom. The number of nitrogens with one attached hydrogen (secondary N) is 1. The number of aryl methyl sites for hydroxylation is 1. The molecule has 0 aliphatic carbocycles. The van der Waals surface area contributed by atoms with E-state index in [2.05, 4.69) is 25.5 Å². The number of thioether (sulfide) groups is 1. The van der Waals surface area contributed by atoms with Crippen LogP contribution in [0.25, 0.3) is 10.4 Å². The topological polar surface area (TPSA) is 178 Å². The number of nitrogens with zero attached hydrogens (tertiary/aromatic N) is 6. The highest BCUT2D eigenvalue weighted by atomic mass is 32.2. The normalized spacial score (nSPS) is 22.5. The van der Waals surface area contributed by atoms with E-state index in [0.717, 1.165) is 4.90 Å². The van der Waals surface area contributed by atoms with Gasteiger partial charge in [-0.25, -0.2) is 4.79 Å². The summed E-state index contributed by atoms with van der Waals surface area (Å²) in [6.07, 6.45) is -0.0871. The number of β-lactam (4-membered cyclic amide) rings is 1. The number of carboxylic acids is 1. The van der Waals surface area contributed by atoms with Crippen LogP contribution in [0.15, 0.2) is 20.7 Å². The quantitative estimate of drug-likeness (QED) is 0.242. The Balaban J connectivity index is 1.64. The van der Waals surface area contributed by atoms with Gasteiger partial charge < -0.3 is 10.4 Å². The largest absolute Gasteiger partial charge is 0.477 e. The summed E-state index contributed by atoms with van der Waals surface area (Å²) in [4.78, 5) is 40.3. The molecule has 0 bridgehead atoms. The van der Waals surface area contributed by atoms with Crippen LogP contribution in [-0.2, 0) is 25.2 Å². The molecule has 3 rings (SSSR count). The lowest BCUT2D eigenvalue weighted by Crippen LogP contribution is -2.70. The molecule has 160 valence electrons. The number of carboxylic acid groups (broad SMARTS) is 1. The number of carbonyl (C=O) groups excluding carboxylic acids is 2. The molecule has 0 spiro atoms. The van der Waals surface area contributed by atoms with Gasteiger partial charge in [-0.3, -0.25) is 18.7 Å². The van der Waals surface area contributed by atoms with Gasteiger partial charge in [-0.15, -0.1) is 22.0 Å². The Kier molecular flexibility index (Phi) is 6.75. The van der Waals surface area contributed by atoms with E-state index < -0.39 is 45.2 Å². The van der Waals surface area contributed by atoms with Gasteiger partial charge in [-0.1, -0.05) is 16.5 Å². The van der Waals surface area contributed by atoms with Gasteiger partial charge in [0.15, 0.2) is 0 Å². The number of azide groups is 1. The zero-order valence-electron chi connectivity index (χ0n) is 15.8. The second-order valence-corrected chi connectivity index (χ2v) is 10.8. The van der Waals surface area contributed by atoms with E-state index in [1.165, 1.54) is 23.1 Å². The predicted molar refractivity (Wildman–Crippen MR) is 109 cm³/mol. The molecule has 12 nitrogen and oxygen atoms in total. The summed E-state index contributed by atoms with van der Waals surface area (Å²) in [5, 5.41) is 22.7. The summed E-state index contributed by atoms with van der Waals surface area (Å²) in [5.41, 5.74) is 8.59. The zero-order chi connectivity index (χ0) is 22.0. The molecule has 0 saturated carbocycles. The van der Waals surface area contributed by atoms with Crippen molar-refractivity contribution in [1.82, 2.24) is 20.4 Å². The van der Waals surface area contributed by atoms with Gasteiger partial charge in [-0.05, 0) is 25.0 Å². The average Bonchev–Trinajstić information content (AvgIpc) is 3.15. The molecule has 0 aromatic carbocycles. The van der Waals surface area contributed by atoms with Gasteiger partial charge in [0.1, 0.15) is 22.1 Å². The van der Waals surface area contributed by atoms with E-state index in [9.17, 15) is 23.7 Å². The van der Waals surface area contributed by atoms with Crippen LogP contribution in [0.3, 0.4) is 0 Å². The number of aromatic nitrogens is 2. The summed E-state index contributed by atoms with van der Waals surface area (Å²) in [5.74, 6) is -2.04. The van der Waals surface area contributed by atoms with E-state index in [1.807, 2.05) is 0 Å². The van der Waals surface area contributed by atoms with E-state index in [4.69, 9.17) is 5.53 Å². The third kappa shape index (κ3) is 4.33. The van der Waals surface area contributed by atoms with Crippen LogP contribution in [0.5, 0.6) is 0 Å². The number of amides is 2. The number of aliphatic carboxylic acids is 1. The van der Waals surface area contributed by atoms with Crippen LogP contribution < -0.4 is 5.32 Å². The van der Waals surface area contributed by atoms with Crippen molar-refractivity contribution < 1.29 is 23.7 Å². The maximum Gasteiger partial charge on any atom is 0.352 e. The highest BCUT2D eigenvalue weighted by Crippen LogP contribution is 2.40. The second kappa shape index (κ2) is 9.12. The molecular formula is C15H17N7O5S3. The second-order valence-electron chi connectivity index (χ2n) is 6.50. The number of hydrogen-bond acceptors (Lipinski definition) is 9. The van der Waals surface area contributed by atoms with Crippen LogP contribution in [0, 0.1) is 6.92 Å². The third-order valence-corrected chi connectivity index (χ3v) is 8.45. The summed E-state index contributed by atoms with van der Waals surface area (Å²) < 4.78 is 12.8. The van der Waals surface area contributed by atoms with Crippen molar-refractivity contribution in [3.8, 4) is 0 Å². The average molecular weight is 472 g/mol. The van der Waals surface area contributed by atoms with Gasteiger partial charge in [0.25, 0.3) is 5.91 Å². The SMILES string of the molecule is Cc1nnc(S(=O)C(C)CC(=O)NC2C(=O)N3C(C(=O)O)=C(CN=[N+]=[N-])CS[C@@H]23)s1. The smallest absolute Gasteiger partial charge is 0.352 e. The van der Waals surface area contributed by atoms with Crippen molar-refractivity contribution in [2.24, 2.45) is 5.11 Å². The third-order valence-electron chi connectivity index (χ3n) is 4.41. The molecule has 30 heavy (non-hydrogen) atoms. The van der Waals surface area contributed by atoms with Gasteiger partial charge in [0.05, 0.1) is 17.3 Å². The van der Waals surface area contributed by atoms with Crippen LogP contribution >= 0.6 is 23.1 Å². The molecule has 2 N–H and O–H groups in total. The summed E-state index contributed by atoms with van der Waals surface area (Å²) in [7, 11) is -1.50. The molecule has 1 aromatic rings. The lowest BCUT2D eigenvalue weighted by atomic mass is 10.0. The van der Waals surface area contributed by atoms with Crippen molar-refractivity contribution in [1.29, 1.82) is 0 Å². The van der Waals surface area contributed by atoms with E-state index in [-0.39, 0.29) is 24.4 Å². The zero-order valence-corrected chi connectivity index (χ0v) is 18.3. The Bertz CT molecular complexity index is 1000. The minimum absolute atomic E-state index is 0.0871. The highest BCUT2D eigenvalue weighted by Gasteiger charge is 2.54. The van der Waals surface area contributed by atoms with E-state index in [1.54, 1.807) is 13.8 Å². The first kappa shape index (κ1) is 22.2. The Hall–Kier alpha value is -2.48.